The minimum atomic E-state index is -0.273. The van der Waals surface area contributed by atoms with E-state index in [1.165, 1.54) is 6.07 Å². The van der Waals surface area contributed by atoms with E-state index in [2.05, 4.69) is 21.8 Å². The number of aromatic amines is 1. The van der Waals surface area contributed by atoms with Gasteiger partial charge in [-0.3, -0.25) is 9.69 Å². The van der Waals surface area contributed by atoms with Crippen molar-refractivity contribution in [3.63, 3.8) is 0 Å². The summed E-state index contributed by atoms with van der Waals surface area (Å²) in [6, 6.07) is 4.85. The van der Waals surface area contributed by atoms with Gasteiger partial charge in [0.25, 0.3) is 5.56 Å². The van der Waals surface area contributed by atoms with E-state index in [9.17, 15) is 9.18 Å². The van der Waals surface area contributed by atoms with Crippen LogP contribution in [0.1, 0.15) is 36.0 Å². The zero-order valence-corrected chi connectivity index (χ0v) is 14.1. The molecule has 1 aliphatic rings. The van der Waals surface area contributed by atoms with Gasteiger partial charge in [-0.25, -0.2) is 9.37 Å². The van der Waals surface area contributed by atoms with Crippen molar-refractivity contribution in [1.29, 1.82) is 0 Å². The van der Waals surface area contributed by atoms with Crippen molar-refractivity contribution in [3.8, 4) is 5.75 Å². The van der Waals surface area contributed by atoms with Crippen LogP contribution < -0.4 is 10.3 Å². The molecule has 1 N–H and O–H groups in total. The second-order valence-corrected chi connectivity index (χ2v) is 6.07. The molecule has 0 atom stereocenters. The molecule has 0 fully saturated rings. The van der Waals surface area contributed by atoms with Crippen molar-refractivity contribution in [2.75, 3.05) is 13.7 Å². The van der Waals surface area contributed by atoms with Gasteiger partial charge in [0.2, 0.25) is 0 Å². The highest BCUT2D eigenvalue weighted by Crippen LogP contribution is 2.25. The van der Waals surface area contributed by atoms with Gasteiger partial charge < -0.3 is 9.72 Å². The number of fused-ring (bicyclic) bond motifs is 1. The fraction of sp³-hybridized carbons (Fsp3) is 0.444. The summed E-state index contributed by atoms with van der Waals surface area (Å²) in [5.74, 6) is 1.00. The molecule has 1 aliphatic heterocycles. The number of aryl methyl sites for hydroxylation is 1. The second-order valence-electron chi connectivity index (χ2n) is 6.07. The zero-order valence-electron chi connectivity index (χ0n) is 14.1. The fourth-order valence-corrected chi connectivity index (χ4v) is 3.14. The smallest absolute Gasteiger partial charge is 0.254 e. The number of hydrogen-bond acceptors (Lipinski definition) is 4. The Balaban J connectivity index is 1.84. The lowest BCUT2D eigenvalue weighted by Crippen LogP contribution is -2.35. The molecular weight excluding hydrogens is 309 g/mol. The van der Waals surface area contributed by atoms with E-state index >= 15 is 0 Å². The summed E-state index contributed by atoms with van der Waals surface area (Å²) in [6.07, 6.45) is 2.31. The van der Waals surface area contributed by atoms with Gasteiger partial charge in [0.05, 0.1) is 12.8 Å². The molecule has 0 unspecified atom stereocenters. The van der Waals surface area contributed by atoms with E-state index < -0.39 is 0 Å². The summed E-state index contributed by atoms with van der Waals surface area (Å²) in [4.78, 5) is 21.7. The molecule has 3 rings (SSSR count). The van der Waals surface area contributed by atoms with Crippen LogP contribution in [-0.4, -0.2) is 28.5 Å². The Morgan fingerprint density at radius 1 is 1.42 bits per heavy atom. The maximum atomic E-state index is 14.1. The highest BCUT2D eigenvalue weighted by Gasteiger charge is 2.23. The van der Waals surface area contributed by atoms with E-state index in [-0.39, 0.29) is 11.4 Å². The molecule has 0 saturated carbocycles. The molecule has 0 aliphatic carbocycles. The number of ether oxygens (including phenoxy) is 1. The molecule has 2 heterocycles. The number of H-pyrrole nitrogens is 1. The van der Waals surface area contributed by atoms with E-state index in [0.29, 0.717) is 37.4 Å². The molecule has 128 valence electrons. The average molecular weight is 331 g/mol. The number of nitrogens with zero attached hydrogens (tertiary/aromatic N) is 2. The predicted molar refractivity (Wildman–Crippen MR) is 89.6 cm³/mol. The van der Waals surface area contributed by atoms with Crippen molar-refractivity contribution in [2.45, 2.75) is 39.3 Å². The fourth-order valence-electron chi connectivity index (χ4n) is 3.14. The van der Waals surface area contributed by atoms with Crippen LogP contribution in [0.25, 0.3) is 0 Å². The Morgan fingerprint density at radius 3 is 3.00 bits per heavy atom. The molecule has 6 heteroatoms. The Hall–Kier alpha value is -2.21. The van der Waals surface area contributed by atoms with E-state index in [1.54, 1.807) is 19.2 Å². The number of benzene rings is 1. The Labute approximate surface area is 140 Å². The van der Waals surface area contributed by atoms with Crippen molar-refractivity contribution < 1.29 is 9.13 Å². The molecule has 0 saturated heterocycles. The first-order valence-electron chi connectivity index (χ1n) is 8.27. The quantitative estimate of drug-likeness (QED) is 0.914. The molecular formula is C18H22FN3O2. The first kappa shape index (κ1) is 16.6. The molecule has 0 amide bonds. The molecule has 1 aromatic carbocycles. The third-order valence-electron chi connectivity index (χ3n) is 4.37. The van der Waals surface area contributed by atoms with Crippen LogP contribution in [0.3, 0.4) is 0 Å². The first-order chi connectivity index (χ1) is 11.6. The summed E-state index contributed by atoms with van der Waals surface area (Å²) >= 11 is 0. The van der Waals surface area contributed by atoms with Crippen LogP contribution in [0.2, 0.25) is 0 Å². The summed E-state index contributed by atoms with van der Waals surface area (Å²) < 4.78 is 19.4. The third-order valence-corrected chi connectivity index (χ3v) is 4.37. The standard InChI is InChI=1S/C18H22FN3O2/c1-3-5-17-20-15-11-22(9-8-12(15)18(23)21-17)10-13-14(19)6-4-7-16(13)24-2/h4,6-7H,3,5,8-11H2,1-2H3,(H,20,21,23). The Bertz CT molecular complexity index is 788. The number of hydrogen-bond donors (Lipinski definition) is 1. The number of aromatic nitrogens is 2. The van der Waals surface area contributed by atoms with Crippen LogP contribution in [0.4, 0.5) is 4.39 Å². The topological polar surface area (TPSA) is 58.2 Å². The zero-order chi connectivity index (χ0) is 17.1. The second kappa shape index (κ2) is 7.13. The molecule has 2 aromatic rings. The molecule has 24 heavy (non-hydrogen) atoms. The minimum absolute atomic E-state index is 0.0356. The van der Waals surface area contributed by atoms with Crippen LogP contribution in [0.15, 0.2) is 23.0 Å². The predicted octanol–water partition coefficient (Wildman–Crippen LogP) is 2.43. The number of nitrogens with one attached hydrogen (secondary N) is 1. The lowest BCUT2D eigenvalue weighted by atomic mass is 10.0. The summed E-state index contributed by atoms with van der Waals surface area (Å²) in [5.41, 5.74) is 2.07. The van der Waals surface area contributed by atoms with E-state index in [4.69, 9.17) is 4.74 Å². The highest BCUT2D eigenvalue weighted by atomic mass is 19.1. The van der Waals surface area contributed by atoms with Gasteiger partial charge >= 0.3 is 0 Å². The van der Waals surface area contributed by atoms with Gasteiger partial charge in [0, 0.05) is 37.2 Å². The largest absolute Gasteiger partial charge is 0.496 e. The minimum Gasteiger partial charge on any atom is -0.496 e. The SMILES string of the molecule is CCCc1nc2c(c(=O)[nH]1)CCN(Cc1c(F)cccc1OC)C2. The number of methoxy groups -OCH3 is 1. The van der Waals surface area contributed by atoms with Gasteiger partial charge in [-0.05, 0) is 25.0 Å². The van der Waals surface area contributed by atoms with Gasteiger partial charge in [-0.15, -0.1) is 0 Å². The normalized spacial score (nSPS) is 14.5. The van der Waals surface area contributed by atoms with Crippen LogP contribution in [-0.2, 0) is 25.9 Å². The van der Waals surface area contributed by atoms with Crippen LogP contribution in [0.5, 0.6) is 5.75 Å². The van der Waals surface area contributed by atoms with Gasteiger partial charge in [-0.2, -0.15) is 0 Å². The van der Waals surface area contributed by atoms with Gasteiger partial charge in [-0.1, -0.05) is 13.0 Å². The maximum Gasteiger partial charge on any atom is 0.254 e. The lowest BCUT2D eigenvalue weighted by Gasteiger charge is -2.28. The van der Waals surface area contributed by atoms with Crippen LogP contribution >= 0.6 is 0 Å². The molecule has 1 aromatic heterocycles. The number of rotatable bonds is 5. The van der Waals surface area contributed by atoms with Crippen molar-refractivity contribution in [3.05, 3.63) is 57.0 Å². The van der Waals surface area contributed by atoms with Crippen molar-refractivity contribution >= 4 is 0 Å². The van der Waals surface area contributed by atoms with E-state index in [0.717, 1.165) is 29.9 Å². The summed E-state index contributed by atoms with van der Waals surface area (Å²) in [7, 11) is 1.54. The van der Waals surface area contributed by atoms with Crippen LogP contribution in [0, 0.1) is 5.82 Å². The number of halogens is 1. The molecule has 5 nitrogen and oxygen atoms in total. The monoisotopic (exact) mass is 331 g/mol. The maximum absolute atomic E-state index is 14.1. The van der Waals surface area contributed by atoms with Gasteiger partial charge in [0.15, 0.2) is 0 Å². The molecule has 0 bridgehead atoms. The molecule has 0 spiro atoms. The highest BCUT2D eigenvalue weighted by molar-refractivity contribution is 5.35. The first-order valence-corrected chi connectivity index (χ1v) is 8.27. The van der Waals surface area contributed by atoms with Crippen molar-refractivity contribution in [2.24, 2.45) is 0 Å². The Morgan fingerprint density at radius 2 is 2.25 bits per heavy atom. The summed E-state index contributed by atoms with van der Waals surface area (Å²) in [6.45, 7) is 3.74. The van der Waals surface area contributed by atoms with E-state index in [1.807, 2.05) is 0 Å². The lowest BCUT2D eigenvalue weighted by molar-refractivity contribution is 0.232. The third kappa shape index (κ3) is 3.33. The summed E-state index contributed by atoms with van der Waals surface area (Å²) in [5, 5.41) is 0. The average Bonchev–Trinajstić information content (AvgIpc) is 2.57. The van der Waals surface area contributed by atoms with Gasteiger partial charge in [0.1, 0.15) is 17.4 Å². The van der Waals surface area contributed by atoms with Crippen molar-refractivity contribution in [1.82, 2.24) is 14.9 Å². The Kier molecular flexibility index (Phi) is 4.94. The molecule has 0 radical (unpaired) electrons.